The molecule has 0 bridgehead atoms. The highest BCUT2D eigenvalue weighted by molar-refractivity contribution is 6.32. The van der Waals surface area contributed by atoms with Crippen LogP contribution in [0.4, 0.5) is 0 Å². The molecule has 1 aromatic heterocycles. The number of carbonyl (C=O) groups is 5. The summed E-state index contributed by atoms with van der Waals surface area (Å²) in [5, 5.41) is 12.0. The first-order valence-corrected chi connectivity index (χ1v) is 15.2. The Kier molecular flexibility index (Phi) is 6.69. The van der Waals surface area contributed by atoms with E-state index in [1.54, 1.807) is 19.9 Å². The number of hydrogen-bond donors (Lipinski definition) is 1. The minimum Gasteiger partial charge on any atom is -0.506 e. The van der Waals surface area contributed by atoms with Crippen LogP contribution < -0.4 is 14.9 Å². The number of phenolic OH excluding ortho intramolecular Hbond substituents is 1. The van der Waals surface area contributed by atoms with Gasteiger partial charge in [-0.2, -0.15) is 0 Å². The van der Waals surface area contributed by atoms with Gasteiger partial charge in [0.1, 0.15) is 23.5 Å². The van der Waals surface area contributed by atoms with Crippen molar-refractivity contribution >= 4 is 51.2 Å². The maximum absolute atomic E-state index is 14.3. The molecule has 4 aromatic rings. The van der Waals surface area contributed by atoms with Gasteiger partial charge in [0, 0.05) is 35.4 Å². The average molecular weight is 656 g/mol. The van der Waals surface area contributed by atoms with Crippen molar-refractivity contribution < 1.29 is 52.4 Å². The number of fused-ring (bicyclic) bond motifs is 7. The Bertz CT molecular complexity index is 2250. The predicted molar refractivity (Wildman–Crippen MR) is 167 cm³/mol. The van der Waals surface area contributed by atoms with Gasteiger partial charge in [-0.3, -0.25) is 28.9 Å². The molecule has 246 valence electrons. The summed E-state index contributed by atoms with van der Waals surface area (Å²) in [6, 6.07) is 7.20. The van der Waals surface area contributed by atoms with Gasteiger partial charge in [0.2, 0.25) is 17.0 Å². The van der Waals surface area contributed by atoms with Crippen LogP contribution in [0.3, 0.4) is 0 Å². The zero-order valence-electron chi connectivity index (χ0n) is 26.6. The van der Waals surface area contributed by atoms with E-state index < -0.39 is 69.8 Å². The third-order valence-electron chi connectivity index (χ3n) is 9.29. The van der Waals surface area contributed by atoms with Crippen LogP contribution in [-0.2, 0) is 25.5 Å². The lowest BCUT2D eigenvalue weighted by molar-refractivity contribution is -0.153. The number of nitrogens with zero attached hydrogens (tertiary/aromatic N) is 1. The SMILES string of the molecule is CCCC(=O)OCC1(C)C(=O)OC2(C)Cc3cc4ccc5c(c4c(O)c3C(=O)N21)C(=O)c1c(oc2cc(OC)c(OC)cc2c1=O)C5=O. The topological polar surface area (TPSA) is 176 Å². The normalized spacial score (nSPS) is 21.1. The Labute approximate surface area is 271 Å². The molecule has 2 aliphatic heterocycles. The summed E-state index contributed by atoms with van der Waals surface area (Å²) in [5.41, 5.74) is -4.83. The van der Waals surface area contributed by atoms with Crippen molar-refractivity contribution in [2.45, 2.75) is 51.3 Å². The van der Waals surface area contributed by atoms with Gasteiger partial charge >= 0.3 is 11.9 Å². The maximum Gasteiger partial charge on any atom is 0.337 e. The standard InChI is InChI=1S/C35H29NO12/c1-6-7-22(37)46-14-34(2)33(43)48-35(3)13-16-10-15-8-9-17-25(23(15)29(40)24(16)32(42)36(34)35)30(41)26-27(38)18-11-20(44-4)21(45-5)12-19(18)47-31(26)28(17)39/h8-12,40H,6-7,13-14H2,1-5H3. The van der Waals surface area contributed by atoms with Gasteiger partial charge in [-0.15, -0.1) is 0 Å². The van der Waals surface area contributed by atoms with E-state index >= 15 is 0 Å². The zero-order chi connectivity index (χ0) is 34.4. The van der Waals surface area contributed by atoms with Crippen molar-refractivity contribution in [1.29, 1.82) is 0 Å². The van der Waals surface area contributed by atoms with Crippen molar-refractivity contribution in [3.63, 3.8) is 0 Å². The molecular formula is C35H29NO12. The number of aromatic hydroxyl groups is 1. The lowest BCUT2D eigenvalue weighted by Gasteiger charge is -2.42. The van der Waals surface area contributed by atoms with Crippen molar-refractivity contribution in [3.8, 4) is 17.2 Å². The van der Waals surface area contributed by atoms with Crippen LogP contribution in [-0.4, -0.2) is 71.5 Å². The quantitative estimate of drug-likeness (QED) is 0.262. The highest BCUT2D eigenvalue weighted by Crippen LogP contribution is 2.48. The molecule has 48 heavy (non-hydrogen) atoms. The second-order valence-corrected chi connectivity index (χ2v) is 12.4. The van der Waals surface area contributed by atoms with E-state index in [4.69, 9.17) is 23.4 Å². The minimum absolute atomic E-state index is 0.00171. The van der Waals surface area contributed by atoms with Gasteiger partial charge in [0.05, 0.1) is 25.2 Å². The Morgan fingerprint density at radius 2 is 1.67 bits per heavy atom. The molecule has 0 saturated carbocycles. The van der Waals surface area contributed by atoms with Crippen LogP contribution in [0.15, 0.2) is 39.5 Å². The van der Waals surface area contributed by atoms with Crippen molar-refractivity contribution in [1.82, 2.24) is 4.90 Å². The summed E-state index contributed by atoms with van der Waals surface area (Å²) in [6.07, 6.45) is 0.601. The number of ketones is 2. The Morgan fingerprint density at radius 1 is 0.958 bits per heavy atom. The van der Waals surface area contributed by atoms with Gasteiger partial charge < -0.3 is 28.5 Å². The van der Waals surface area contributed by atoms with E-state index in [9.17, 15) is 33.9 Å². The monoisotopic (exact) mass is 655 g/mol. The molecule has 1 amide bonds. The summed E-state index contributed by atoms with van der Waals surface area (Å²) in [4.78, 5) is 82.7. The van der Waals surface area contributed by atoms with Crippen LogP contribution >= 0.6 is 0 Å². The van der Waals surface area contributed by atoms with E-state index in [1.165, 1.54) is 45.4 Å². The molecule has 2 atom stereocenters. The predicted octanol–water partition coefficient (Wildman–Crippen LogP) is 3.82. The molecule has 1 N–H and O–H groups in total. The number of methoxy groups -OCH3 is 2. The molecule has 0 spiro atoms. The number of carbonyl (C=O) groups excluding carboxylic acids is 5. The molecule has 3 aliphatic rings. The van der Waals surface area contributed by atoms with E-state index in [1.807, 2.05) is 0 Å². The molecule has 3 aromatic carbocycles. The largest absolute Gasteiger partial charge is 0.506 e. The number of phenols is 1. The van der Waals surface area contributed by atoms with Gasteiger partial charge in [-0.1, -0.05) is 13.0 Å². The second-order valence-electron chi connectivity index (χ2n) is 12.4. The Hall–Kier alpha value is -5.72. The van der Waals surface area contributed by atoms with Crippen LogP contribution in [0.2, 0.25) is 0 Å². The minimum atomic E-state index is -1.72. The highest BCUT2D eigenvalue weighted by atomic mass is 16.6. The van der Waals surface area contributed by atoms with E-state index in [-0.39, 0.29) is 57.4 Å². The maximum atomic E-state index is 14.3. The lowest BCUT2D eigenvalue weighted by Crippen LogP contribution is -2.61. The summed E-state index contributed by atoms with van der Waals surface area (Å²) in [7, 11) is 2.77. The van der Waals surface area contributed by atoms with Gasteiger partial charge in [0.25, 0.3) is 5.91 Å². The summed E-state index contributed by atoms with van der Waals surface area (Å²) >= 11 is 0. The number of hydrogen-bond acceptors (Lipinski definition) is 12. The van der Waals surface area contributed by atoms with Crippen LogP contribution in [0.5, 0.6) is 17.2 Å². The van der Waals surface area contributed by atoms with E-state index in [0.29, 0.717) is 17.4 Å². The fourth-order valence-corrected chi connectivity index (χ4v) is 7.08. The third kappa shape index (κ3) is 4.02. The molecule has 1 aliphatic carbocycles. The number of esters is 2. The Balaban J connectivity index is 1.40. The zero-order valence-corrected chi connectivity index (χ0v) is 26.6. The Morgan fingerprint density at radius 3 is 2.35 bits per heavy atom. The molecule has 13 nitrogen and oxygen atoms in total. The summed E-state index contributed by atoms with van der Waals surface area (Å²) in [5.74, 6) is -4.45. The molecule has 1 fully saturated rings. The molecule has 1 saturated heterocycles. The first kappa shape index (κ1) is 30.9. The number of ether oxygens (including phenoxy) is 4. The van der Waals surface area contributed by atoms with Crippen molar-refractivity contribution in [3.05, 3.63) is 74.1 Å². The molecule has 7 rings (SSSR count). The van der Waals surface area contributed by atoms with Crippen LogP contribution in [0.25, 0.3) is 21.7 Å². The van der Waals surface area contributed by atoms with E-state index in [2.05, 4.69) is 0 Å². The van der Waals surface area contributed by atoms with Crippen molar-refractivity contribution in [2.24, 2.45) is 0 Å². The summed E-state index contributed by atoms with van der Waals surface area (Å²) < 4.78 is 27.5. The number of benzene rings is 3. The second kappa shape index (κ2) is 10.4. The average Bonchev–Trinajstić information content (AvgIpc) is 3.25. The third-order valence-corrected chi connectivity index (χ3v) is 9.29. The smallest absolute Gasteiger partial charge is 0.337 e. The van der Waals surface area contributed by atoms with Gasteiger partial charge in [-0.05, 0) is 49.4 Å². The van der Waals surface area contributed by atoms with Crippen LogP contribution in [0.1, 0.15) is 81.6 Å². The number of amides is 1. The molecule has 13 heteroatoms. The van der Waals surface area contributed by atoms with Gasteiger partial charge in [-0.25, -0.2) is 4.79 Å². The highest BCUT2D eigenvalue weighted by Gasteiger charge is 2.64. The fraction of sp³-hybridized carbons (Fsp3) is 0.314. The number of rotatable bonds is 6. The first-order valence-electron chi connectivity index (χ1n) is 15.2. The lowest BCUT2D eigenvalue weighted by atomic mass is 9.80. The molecule has 0 radical (unpaired) electrons. The van der Waals surface area contributed by atoms with Crippen LogP contribution in [0, 0.1) is 0 Å². The van der Waals surface area contributed by atoms with Gasteiger partial charge in [0.15, 0.2) is 28.5 Å². The molecule has 3 heterocycles. The summed E-state index contributed by atoms with van der Waals surface area (Å²) in [6.45, 7) is 4.28. The first-order chi connectivity index (χ1) is 22.8. The molecular weight excluding hydrogens is 626 g/mol. The van der Waals surface area contributed by atoms with Crippen molar-refractivity contribution in [2.75, 3.05) is 20.8 Å². The van der Waals surface area contributed by atoms with E-state index in [0.717, 1.165) is 4.90 Å². The molecule has 2 unspecified atom stereocenters. The fourth-order valence-electron chi connectivity index (χ4n) is 7.08.